The quantitative estimate of drug-likeness (QED) is 0.912. The van der Waals surface area contributed by atoms with E-state index in [1.807, 2.05) is 18.2 Å². The van der Waals surface area contributed by atoms with Crippen LogP contribution in [-0.2, 0) is 5.54 Å². The number of amides is 1. The average molecular weight is 308 g/mol. The summed E-state index contributed by atoms with van der Waals surface area (Å²) in [5.74, 6) is -1.14. The van der Waals surface area contributed by atoms with Gasteiger partial charge in [0.25, 0.3) is 5.91 Å². The molecule has 21 heavy (non-hydrogen) atoms. The molecular formula is C16H15ClFNO2. The molecule has 0 fully saturated rings. The van der Waals surface area contributed by atoms with Crippen LogP contribution in [0.1, 0.15) is 22.8 Å². The highest BCUT2D eigenvalue weighted by atomic mass is 35.5. The molecule has 2 aromatic rings. The van der Waals surface area contributed by atoms with Crippen LogP contribution in [0.3, 0.4) is 0 Å². The van der Waals surface area contributed by atoms with Crippen LogP contribution >= 0.6 is 11.6 Å². The molecule has 1 amide bonds. The molecular weight excluding hydrogens is 293 g/mol. The van der Waals surface area contributed by atoms with Crippen LogP contribution in [0.2, 0.25) is 5.02 Å². The number of halogens is 2. The second-order valence-corrected chi connectivity index (χ2v) is 5.35. The molecule has 0 saturated heterocycles. The number of aliphatic hydroxyl groups is 1. The van der Waals surface area contributed by atoms with Gasteiger partial charge in [-0.25, -0.2) is 4.39 Å². The van der Waals surface area contributed by atoms with Crippen molar-refractivity contribution in [2.45, 2.75) is 12.5 Å². The molecule has 2 N–H and O–H groups in total. The number of nitrogens with one attached hydrogen (secondary N) is 1. The Kier molecular flexibility index (Phi) is 4.60. The van der Waals surface area contributed by atoms with Crippen LogP contribution < -0.4 is 5.32 Å². The zero-order chi connectivity index (χ0) is 15.5. The van der Waals surface area contributed by atoms with Gasteiger partial charge in [0.05, 0.1) is 17.2 Å². The van der Waals surface area contributed by atoms with Crippen molar-refractivity contribution in [3.63, 3.8) is 0 Å². The lowest BCUT2D eigenvalue weighted by Crippen LogP contribution is -2.46. The van der Waals surface area contributed by atoms with Crippen LogP contribution in [0.4, 0.5) is 4.39 Å². The minimum Gasteiger partial charge on any atom is -0.394 e. The summed E-state index contributed by atoms with van der Waals surface area (Å²) < 4.78 is 13.4. The first kappa shape index (κ1) is 15.5. The minimum atomic E-state index is -0.950. The van der Waals surface area contributed by atoms with E-state index in [0.717, 1.165) is 11.6 Å². The van der Waals surface area contributed by atoms with Crippen molar-refractivity contribution in [3.8, 4) is 0 Å². The Morgan fingerprint density at radius 1 is 1.29 bits per heavy atom. The van der Waals surface area contributed by atoms with Gasteiger partial charge in [-0.1, -0.05) is 41.9 Å². The topological polar surface area (TPSA) is 49.3 Å². The normalized spacial score (nSPS) is 13.5. The molecule has 2 aromatic carbocycles. The van der Waals surface area contributed by atoms with Crippen LogP contribution in [0.15, 0.2) is 48.5 Å². The fourth-order valence-electron chi connectivity index (χ4n) is 1.97. The lowest BCUT2D eigenvalue weighted by Gasteiger charge is -2.29. The summed E-state index contributed by atoms with van der Waals surface area (Å²) in [4.78, 5) is 12.2. The van der Waals surface area contributed by atoms with Gasteiger partial charge in [0, 0.05) is 5.56 Å². The van der Waals surface area contributed by atoms with E-state index in [-0.39, 0.29) is 17.2 Å². The Hall–Kier alpha value is -1.91. The molecule has 0 spiro atoms. The first-order valence-electron chi connectivity index (χ1n) is 6.40. The Labute approximate surface area is 127 Å². The SMILES string of the molecule is CC(CO)(NC(=O)c1ccc(Cl)c(F)c1)c1ccccc1. The molecule has 0 aliphatic carbocycles. The van der Waals surface area contributed by atoms with Gasteiger partial charge >= 0.3 is 0 Å². The van der Waals surface area contributed by atoms with Crippen molar-refractivity contribution in [1.82, 2.24) is 5.32 Å². The Balaban J connectivity index is 2.26. The van der Waals surface area contributed by atoms with Gasteiger partial charge in [-0.15, -0.1) is 0 Å². The van der Waals surface area contributed by atoms with Gasteiger partial charge in [-0.05, 0) is 30.7 Å². The molecule has 3 nitrogen and oxygen atoms in total. The standard InChI is InChI=1S/C16H15ClFNO2/c1-16(10-20,12-5-3-2-4-6-12)19-15(21)11-7-8-13(17)14(18)9-11/h2-9,20H,10H2,1H3,(H,19,21). The van der Waals surface area contributed by atoms with E-state index in [2.05, 4.69) is 5.32 Å². The Bertz CT molecular complexity index is 648. The largest absolute Gasteiger partial charge is 0.394 e. The molecule has 2 rings (SSSR count). The Morgan fingerprint density at radius 2 is 1.95 bits per heavy atom. The molecule has 0 aromatic heterocycles. The highest BCUT2D eigenvalue weighted by molar-refractivity contribution is 6.30. The van der Waals surface area contributed by atoms with Crippen LogP contribution in [-0.4, -0.2) is 17.6 Å². The van der Waals surface area contributed by atoms with Crippen molar-refractivity contribution in [3.05, 3.63) is 70.5 Å². The maximum atomic E-state index is 13.4. The second kappa shape index (κ2) is 6.24. The smallest absolute Gasteiger partial charge is 0.252 e. The first-order valence-corrected chi connectivity index (χ1v) is 6.78. The molecule has 0 aliphatic rings. The number of benzene rings is 2. The summed E-state index contributed by atoms with van der Waals surface area (Å²) in [6, 6.07) is 12.9. The molecule has 0 heterocycles. The fraction of sp³-hybridized carbons (Fsp3) is 0.188. The van der Waals surface area contributed by atoms with Crippen LogP contribution in [0.25, 0.3) is 0 Å². The number of hydrogen-bond acceptors (Lipinski definition) is 2. The van der Waals surface area contributed by atoms with E-state index in [4.69, 9.17) is 11.6 Å². The highest BCUT2D eigenvalue weighted by Gasteiger charge is 2.28. The third-order valence-electron chi connectivity index (χ3n) is 3.30. The van der Waals surface area contributed by atoms with Gasteiger partial charge in [0.15, 0.2) is 0 Å². The van der Waals surface area contributed by atoms with Crippen molar-refractivity contribution < 1.29 is 14.3 Å². The molecule has 110 valence electrons. The molecule has 1 unspecified atom stereocenters. The molecule has 0 aliphatic heterocycles. The van der Waals surface area contributed by atoms with E-state index in [0.29, 0.717) is 0 Å². The maximum absolute atomic E-state index is 13.4. The van der Waals surface area contributed by atoms with Crippen LogP contribution in [0, 0.1) is 5.82 Å². The van der Waals surface area contributed by atoms with E-state index >= 15 is 0 Å². The van der Waals surface area contributed by atoms with Crippen LogP contribution in [0.5, 0.6) is 0 Å². The number of hydrogen-bond donors (Lipinski definition) is 2. The van der Waals surface area contributed by atoms with Gasteiger partial charge in [0.2, 0.25) is 0 Å². The molecule has 0 bridgehead atoms. The summed E-state index contributed by atoms with van der Waals surface area (Å²) in [6.07, 6.45) is 0. The summed E-state index contributed by atoms with van der Waals surface area (Å²) in [5.41, 5.74) is -0.0446. The molecule has 5 heteroatoms. The molecule has 0 saturated carbocycles. The summed E-state index contributed by atoms with van der Waals surface area (Å²) in [6.45, 7) is 1.42. The lowest BCUT2D eigenvalue weighted by molar-refractivity contribution is 0.0849. The third kappa shape index (κ3) is 3.40. The second-order valence-electron chi connectivity index (χ2n) is 4.94. The van der Waals surface area contributed by atoms with Crippen molar-refractivity contribution in [2.75, 3.05) is 6.61 Å². The highest BCUT2D eigenvalue weighted by Crippen LogP contribution is 2.21. The molecule has 0 radical (unpaired) electrons. The van der Waals surface area contributed by atoms with Gasteiger partial charge in [-0.3, -0.25) is 4.79 Å². The first-order chi connectivity index (χ1) is 9.96. The predicted octanol–water partition coefficient (Wildman–Crippen LogP) is 3.12. The summed E-state index contributed by atoms with van der Waals surface area (Å²) in [7, 11) is 0. The van der Waals surface area contributed by atoms with Gasteiger partial charge in [-0.2, -0.15) is 0 Å². The van der Waals surface area contributed by atoms with Gasteiger partial charge in [0.1, 0.15) is 5.82 Å². The number of aliphatic hydroxyl groups excluding tert-OH is 1. The minimum absolute atomic E-state index is 0.0421. The van der Waals surface area contributed by atoms with E-state index < -0.39 is 17.3 Å². The van der Waals surface area contributed by atoms with Crippen molar-refractivity contribution in [2.24, 2.45) is 0 Å². The fourth-order valence-corrected chi connectivity index (χ4v) is 2.09. The third-order valence-corrected chi connectivity index (χ3v) is 3.60. The predicted molar refractivity (Wildman–Crippen MR) is 79.8 cm³/mol. The Morgan fingerprint density at radius 3 is 2.52 bits per heavy atom. The van der Waals surface area contributed by atoms with E-state index in [1.165, 1.54) is 12.1 Å². The molecule has 1 atom stereocenters. The number of carbonyl (C=O) groups excluding carboxylic acids is 1. The zero-order valence-electron chi connectivity index (χ0n) is 11.4. The van der Waals surface area contributed by atoms with Crippen molar-refractivity contribution >= 4 is 17.5 Å². The van der Waals surface area contributed by atoms with Crippen molar-refractivity contribution in [1.29, 1.82) is 0 Å². The monoisotopic (exact) mass is 307 g/mol. The summed E-state index contributed by atoms with van der Waals surface area (Å²) in [5, 5.41) is 12.3. The average Bonchev–Trinajstić information content (AvgIpc) is 2.50. The maximum Gasteiger partial charge on any atom is 0.252 e. The van der Waals surface area contributed by atoms with E-state index in [1.54, 1.807) is 19.1 Å². The van der Waals surface area contributed by atoms with Gasteiger partial charge < -0.3 is 10.4 Å². The number of carbonyl (C=O) groups is 1. The number of rotatable bonds is 4. The van der Waals surface area contributed by atoms with E-state index in [9.17, 15) is 14.3 Å². The zero-order valence-corrected chi connectivity index (χ0v) is 12.2. The summed E-state index contributed by atoms with van der Waals surface area (Å²) >= 11 is 5.59. The lowest BCUT2D eigenvalue weighted by atomic mass is 9.92.